The first-order valence-corrected chi connectivity index (χ1v) is 5.22. The van der Waals surface area contributed by atoms with E-state index in [2.05, 4.69) is 19.3 Å². The predicted octanol–water partition coefficient (Wildman–Crippen LogP) is 2.97. The minimum Gasteiger partial charge on any atom is -0.389 e. The number of hydrogen-bond acceptors (Lipinski definition) is 2. The van der Waals surface area contributed by atoms with E-state index in [1.807, 2.05) is 19.1 Å². The van der Waals surface area contributed by atoms with Gasteiger partial charge in [0.2, 0.25) is 0 Å². The number of allylic oxidation sites excluding steroid dienone is 1. The Hall–Kier alpha value is -0.210. The molecule has 1 nitrogen and oxygen atoms in total. The van der Waals surface area contributed by atoms with Crippen LogP contribution in [0.3, 0.4) is 0 Å². The quantitative estimate of drug-likeness (QED) is 0.666. The molecule has 0 spiro atoms. The van der Waals surface area contributed by atoms with Crippen molar-refractivity contribution in [1.82, 2.24) is 0 Å². The molecule has 0 saturated carbocycles. The maximum Gasteiger partial charge on any atom is 0.0755 e. The van der Waals surface area contributed by atoms with Crippen molar-refractivity contribution in [3.63, 3.8) is 0 Å². The first-order chi connectivity index (χ1) is 5.66. The Kier molecular flexibility index (Phi) is 7.31. The molecule has 0 fully saturated rings. The van der Waals surface area contributed by atoms with E-state index in [0.717, 1.165) is 0 Å². The van der Waals surface area contributed by atoms with Gasteiger partial charge in [-0.2, -0.15) is 0 Å². The van der Waals surface area contributed by atoms with Gasteiger partial charge < -0.3 is 5.11 Å². The van der Waals surface area contributed by atoms with E-state index in [-0.39, 0.29) is 6.10 Å². The van der Waals surface area contributed by atoms with Gasteiger partial charge in [0.25, 0.3) is 0 Å². The monoisotopic (exact) mass is 186 g/mol. The van der Waals surface area contributed by atoms with Crippen molar-refractivity contribution in [3.8, 4) is 0 Å². The SMILES string of the molecule is C/C=C/C(O)C/C=C/SC(C)C. The lowest BCUT2D eigenvalue weighted by Crippen LogP contribution is -1.98. The van der Waals surface area contributed by atoms with Crippen LogP contribution in [0, 0.1) is 0 Å². The van der Waals surface area contributed by atoms with E-state index < -0.39 is 0 Å². The number of thioether (sulfide) groups is 1. The van der Waals surface area contributed by atoms with Crippen LogP contribution in [0.25, 0.3) is 0 Å². The molecule has 0 rings (SSSR count). The molecular weight excluding hydrogens is 168 g/mol. The summed E-state index contributed by atoms with van der Waals surface area (Å²) in [7, 11) is 0. The van der Waals surface area contributed by atoms with Crippen LogP contribution >= 0.6 is 11.8 Å². The molecule has 0 radical (unpaired) electrons. The normalized spacial score (nSPS) is 15.1. The molecule has 0 aliphatic heterocycles. The van der Waals surface area contributed by atoms with Gasteiger partial charge in [-0.25, -0.2) is 0 Å². The summed E-state index contributed by atoms with van der Waals surface area (Å²) in [5, 5.41) is 11.9. The highest BCUT2D eigenvalue weighted by atomic mass is 32.2. The minimum absolute atomic E-state index is 0.320. The summed E-state index contributed by atoms with van der Waals surface area (Å²) in [6.07, 6.45) is 6.07. The number of rotatable bonds is 5. The molecule has 0 amide bonds. The largest absolute Gasteiger partial charge is 0.389 e. The zero-order valence-corrected chi connectivity index (χ0v) is 8.84. The molecule has 0 aromatic heterocycles. The Labute approximate surface area is 79.6 Å². The standard InChI is InChI=1S/C10H18OS/c1-4-6-10(11)7-5-8-12-9(2)3/h4-6,8-11H,7H2,1-3H3/b6-4+,8-5+. The van der Waals surface area contributed by atoms with Gasteiger partial charge in [0.15, 0.2) is 0 Å². The molecule has 0 aromatic rings. The van der Waals surface area contributed by atoms with Gasteiger partial charge >= 0.3 is 0 Å². The topological polar surface area (TPSA) is 20.2 Å². The zero-order chi connectivity index (χ0) is 9.40. The lowest BCUT2D eigenvalue weighted by Gasteiger charge is -2.00. The van der Waals surface area contributed by atoms with Crippen molar-refractivity contribution < 1.29 is 5.11 Å². The summed E-state index contributed by atoms with van der Waals surface area (Å²) in [4.78, 5) is 0. The zero-order valence-electron chi connectivity index (χ0n) is 8.03. The van der Waals surface area contributed by atoms with Gasteiger partial charge in [0.1, 0.15) is 0 Å². The van der Waals surface area contributed by atoms with Gasteiger partial charge in [-0.1, -0.05) is 32.1 Å². The Morgan fingerprint density at radius 1 is 1.42 bits per heavy atom. The molecular formula is C10H18OS. The van der Waals surface area contributed by atoms with Crippen molar-refractivity contribution in [2.75, 3.05) is 0 Å². The maximum absolute atomic E-state index is 9.27. The van der Waals surface area contributed by atoms with Crippen LogP contribution in [0.1, 0.15) is 27.2 Å². The number of aliphatic hydroxyl groups is 1. The second-order valence-corrected chi connectivity index (χ2v) is 4.37. The second-order valence-electron chi connectivity index (χ2n) is 2.89. The predicted molar refractivity (Wildman–Crippen MR) is 57.3 cm³/mol. The summed E-state index contributed by atoms with van der Waals surface area (Å²) in [6, 6.07) is 0. The van der Waals surface area contributed by atoms with E-state index in [4.69, 9.17) is 0 Å². The number of hydrogen-bond donors (Lipinski definition) is 1. The van der Waals surface area contributed by atoms with Crippen LogP contribution in [0.4, 0.5) is 0 Å². The lowest BCUT2D eigenvalue weighted by atomic mass is 10.2. The summed E-state index contributed by atoms with van der Waals surface area (Å²) >= 11 is 1.78. The lowest BCUT2D eigenvalue weighted by molar-refractivity contribution is 0.227. The van der Waals surface area contributed by atoms with Crippen LogP contribution < -0.4 is 0 Å². The molecule has 0 heterocycles. The third kappa shape index (κ3) is 7.89. The van der Waals surface area contributed by atoms with Gasteiger partial charge in [-0.15, -0.1) is 11.8 Å². The average molecular weight is 186 g/mol. The molecule has 0 saturated heterocycles. The molecule has 2 heteroatoms. The fourth-order valence-electron chi connectivity index (χ4n) is 0.708. The van der Waals surface area contributed by atoms with Crippen LogP contribution in [0.2, 0.25) is 0 Å². The molecule has 0 bridgehead atoms. The van der Waals surface area contributed by atoms with Crippen LogP contribution in [-0.2, 0) is 0 Å². The molecule has 1 N–H and O–H groups in total. The second kappa shape index (κ2) is 7.44. The summed E-state index contributed by atoms with van der Waals surface area (Å²) in [5.74, 6) is 0. The van der Waals surface area contributed by atoms with Crippen molar-refractivity contribution >= 4 is 11.8 Å². The Bertz CT molecular complexity index is 150. The van der Waals surface area contributed by atoms with E-state index >= 15 is 0 Å². The minimum atomic E-state index is -0.320. The third-order valence-corrected chi connectivity index (χ3v) is 2.13. The van der Waals surface area contributed by atoms with Gasteiger partial charge in [0, 0.05) is 5.25 Å². The van der Waals surface area contributed by atoms with E-state index in [0.29, 0.717) is 11.7 Å². The Balaban J connectivity index is 3.46. The summed E-state index contributed by atoms with van der Waals surface area (Å²) in [6.45, 7) is 6.21. The highest BCUT2D eigenvalue weighted by Gasteiger charge is 1.93. The fourth-order valence-corrected chi connectivity index (χ4v) is 1.24. The molecule has 0 aromatic carbocycles. The molecule has 70 valence electrons. The maximum atomic E-state index is 9.27. The van der Waals surface area contributed by atoms with Crippen molar-refractivity contribution in [2.45, 2.75) is 38.5 Å². The number of aliphatic hydroxyl groups excluding tert-OH is 1. The first kappa shape index (κ1) is 11.8. The van der Waals surface area contributed by atoms with Gasteiger partial charge in [-0.05, 0) is 18.8 Å². The van der Waals surface area contributed by atoms with Crippen molar-refractivity contribution in [2.24, 2.45) is 0 Å². The van der Waals surface area contributed by atoms with E-state index in [1.165, 1.54) is 0 Å². The Morgan fingerprint density at radius 2 is 2.08 bits per heavy atom. The molecule has 1 unspecified atom stereocenters. The molecule has 12 heavy (non-hydrogen) atoms. The molecule has 0 aliphatic carbocycles. The smallest absolute Gasteiger partial charge is 0.0755 e. The summed E-state index contributed by atoms with van der Waals surface area (Å²) in [5.41, 5.74) is 0. The van der Waals surface area contributed by atoms with Crippen LogP contribution in [0.15, 0.2) is 23.6 Å². The molecule has 0 aliphatic rings. The average Bonchev–Trinajstić information content (AvgIpc) is 1.98. The van der Waals surface area contributed by atoms with Crippen LogP contribution in [-0.4, -0.2) is 16.5 Å². The van der Waals surface area contributed by atoms with E-state index in [1.54, 1.807) is 17.8 Å². The fraction of sp³-hybridized carbons (Fsp3) is 0.600. The Morgan fingerprint density at radius 3 is 2.58 bits per heavy atom. The molecule has 1 atom stereocenters. The van der Waals surface area contributed by atoms with Crippen molar-refractivity contribution in [1.29, 1.82) is 0 Å². The first-order valence-electron chi connectivity index (χ1n) is 4.28. The highest BCUT2D eigenvalue weighted by Crippen LogP contribution is 2.11. The van der Waals surface area contributed by atoms with Gasteiger partial charge in [0.05, 0.1) is 6.10 Å². The highest BCUT2D eigenvalue weighted by molar-refractivity contribution is 8.02. The van der Waals surface area contributed by atoms with Gasteiger partial charge in [-0.3, -0.25) is 0 Å². The van der Waals surface area contributed by atoms with Crippen molar-refractivity contribution in [3.05, 3.63) is 23.6 Å². The third-order valence-electron chi connectivity index (χ3n) is 1.24. The van der Waals surface area contributed by atoms with E-state index in [9.17, 15) is 5.11 Å². The summed E-state index contributed by atoms with van der Waals surface area (Å²) < 4.78 is 0. The van der Waals surface area contributed by atoms with Crippen LogP contribution in [0.5, 0.6) is 0 Å².